The number of hydrogen-bond acceptors (Lipinski definition) is 2. The Balaban J connectivity index is 2.44. The number of nitrogens with two attached hydrogens (primary N) is 1. The summed E-state index contributed by atoms with van der Waals surface area (Å²) in [5.74, 6) is 0.654. The van der Waals surface area contributed by atoms with Crippen LogP contribution in [-0.4, -0.2) is 11.9 Å². The van der Waals surface area contributed by atoms with Gasteiger partial charge in [0.05, 0.1) is 6.42 Å². The second kappa shape index (κ2) is 6.28. The highest BCUT2D eigenvalue weighted by Gasteiger charge is 2.09. The first-order chi connectivity index (χ1) is 7.97. The van der Waals surface area contributed by atoms with Gasteiger partial charge in [0.25, 0.3) is 0 Å². The number of hydrogen-bond donors (Lipinski definition) is 2. The van der Waals surface area contributed by atoms with Gasteiger partial charge in [0.15, 0.2) is 0 Å². The summed E-state index contributed by atoms with van der Waals surface area (Å²) < 4.78 is 0. The van der Waals surface area contributed by atoms with Gasteiger partial charge in [-0.1, -0.05) is 26.0 Å². The number of anilines is 1. The summed E-state index contributed by atoms with van der Waals surface area (Å²) >= 11 is 0. The van der Waals surface area contributed by atoms with E-state index in [9.17, 15) is 4.79 Å². The number of nitrogens with one attached hydrogen (secondary N) is 1. The van der Waals surface area contributed by atoms with Crippen molar-refractivity contribution in [2.45, 2.75) is 39.7 Å². The second-order valence-electron chi connectivity index (χ2n) is 5.02. The van der Waals surface area contributed by atoms with Crippen LogP contribution in [0.25, 0.3) is 0 Å². The molecule has 0 fully saturated rings. The fourth-order valence-electron chi connectivity index (χ4n) is 1.98. The predicted octanol–water partition coefficient (Wildman–Crippen LogP) is 2.36. The van der Waals surface area contributed by atoms with Crippen LogP contribution in [0.1, 0.15) is 32.8 Å². The standard InChI is InChI=1S/C14H22N2O/c1-10(2)7-11(3)16-14(17)9-12-5-4-6-13(15)8-12/h4-6,8,10-11H,7,9,15H2,1-3H3,(H,16,17). The van der Waals surface area contributed by atoms with E-state index in [-0.39, 0.29) is 11.9 Å². The van der Waals surface area contributed by atoms with E-state index in [1.54, 1.807) is 0 Å². The van der Waals surface area contributed by atoms with E-state index in [0.29, 0.717) is 18.0 Å². The summed E-state index contributed by atoms with van der Waals surface area (Å²) in [5.41, 5.74) is 7.33. The lowest BCUT2D eigenvalue weighted by molar-refractivity contribution is -0.121. The molecule has 0 aromatic heterocycles. The molecule has 0 aliphatic carbocycles. The third kappa shape index (κ3) is 5.38. The molecule has 17 heavy (non-hydrogen) atoms. The molecule has 3 nitrogen and oxygen atoms in total. The van der Waals surface area contributed by atoms with Gasteiger partial charge in [0.2, 0.25) is 5.91 Å². The maximum atomic E-state index is 11.8. The first-order valence-corrected chi connectivity index (χ1v) is 6.11. The number of nitrogen functional groups attached to an aromatic ring is 1. The maximum absolute atomic E-state index is 11.8. The van der Waals surface area contributed by atoms with Crippen LogP contribution in [0.15, 0.2) is 24.3 Å². The molecule has 1 amide bonds. The lowest BCUT2D eigenvalue weighted by Gasteiger charge is -2.15. The topological polar surface area (TPSA) is 55.1 Å². The third-order valence-corrected chi connectivity index (χ3v) is 2.55. The highest BCUT2D eigenvalue weighted by Crippen LogP contribution is 2.08. The third-order valence-electron chi connectivity index (χ3n) is 2.55. The molecule has 0 bridgehead atoms. The van der Waals surface area contributed by atoms with Gasteiger partial charge in [0, 0.05) is 11.7 Å². The Hall–Kier alpha value is -1.51. The smallest absolute Gasteiger partial charge is 0.224 e. The van der Waals surface area contributed by atoms with E-state index in [2.05, 4.69) is 19.2 Å². The van der Waals surface area contributed by atoms with Gasteiger partial charge in [0.1, 0.15) is 0 Å². The van der Waals surface area contributed by atoms with E-state index in [1.165, 1.54) is 0 Å². The number of rotatable bonds is 5. The van der Waals surface area contributed by atoms with Crippen molar-refractivity contribution in [1.29, 1.82) is 0 Å². The average Bonchev–Trinajstić information content (AvgIpc) is 2.14. The molecular weight excluding hydrogens is 212 g/mol. The van der Waals surface area contributed by atoms with Gasteiger partial charge in [-0.05, 0) is 37.0 Å². The number of amides is 1. The van der Waals surface area contributed by atoms with Crippen molar-refractivity contribution in [3.63, 3.8) is 0 Å². The van der Waals surface area contributed by atoms with Crippen LogP contribution in [0.2, 0.25) is 0 Å². The largest absolute Gasteiger partial charge is 0.399 e. The van der Waals surface area contributed by atoms with Gasteiger partial charge in [-0.25, -0.2) is 0 Å². The predicted molar refractivity (Wildman–Crippen MR) is 71.6 cm³/mol. The van der Waals surface area contributed by atoms with Gasteiger partial charge < -0.3 is 11.1 Å². The van der Waals surface area contributed by atoms with E-state index >= 15 is 0 Å². The molecule has 0 radical (unpaired) electrons. The maximum Gasteiger partial charge on any atom is 0.224 e. The molecule has 1 rings (SSSR count). The molecule has 1 aromatic rings. The minimum Gasteiger partial charge on any atom is -0.399 e. The van der Waals surface area contributed by atoms with Crippen LogP contribution in [-0.2, 0) is 11.2 Å². The molecule has 0 aliphatic rings. The summed E-state index contributed by atoms with van der Waals surface area (Å²) in [5, 5.41) is 3.00. The number of carbonyl (C=O) groups is 1. The van der Waals surface area contributed by atoms with E-state index in [1.807, 2.05) is 31.2 Å². The van der Waals surface area contributed by atoms with Crippen molar-refractivity contribution in [3.8, 4) is 0 Å². The Morgan fingerprint density at radius 2 is 2.06 bits per heavy atom. The van der Waals surface area contributed by atoms with Gasteiger partial charge in [-0.2, -0.15) is 0 Å². The summed E-state index contributed by atoms with van der Waals surface area (Å²) in [7, 11) is 0. The highest BCUT2D eigenvalue weighted by atomic mass is 16.1. The van der Waals surface area contributed by atoms with Crippen molar-refractivity contribution in [3.05, 3.63) is 29.8 Å². The molecule has 0 saturated carbocycles. The quantitative estimate of drug-likeness (QED) is 0.768. The van der Waals surface area contributed by atoms with Crippen LogP contribution in [0, 0.1) is 5.92 Å². The van der Waals surface area contributed by atoms with Crippen molar-refractivity contribution >= 4 is 11.6 Å². The summed E-state index contributed by atoms with van der Waals surface area (Å²) in [4.78, 5) is 11.8. The highest BCUT2D eigenvalue weighted by molar-refractivity contribution is 5.79. The van der Waals surface area contributed by atoms with Crippen LogP contribution in [0.3, 0.4) is 0 Å². The minimum absolute atomic E-state index is 0.0590. The van der Waals surface area contributed by atoms with Crippen molar-refractivity contribution < 1.29 is 4.79 Å². The Kier molecular flexibility index (Phi) is 5.01. The Bertz CT molecular complexity index is 374. The normalized spacial score (nSPS) is 12.5. The molecule has 0 aliphatic heterocycles. The summed E-state index contributed by atoms with van der Waals surface area (Å²) in [6, 6.07) is 7.68. The molecule has 0 spiro atoms. The molecule has 3 heteroatoms. The van der Waals surface area contributed by atoms with Gasteiger partial charge >= 0.3 is 0 Å². The molecule has 0 heterocycles. The Labute approximate surface area is 103 Å². The Morgan fingerprint density at radius 3 is 2.65 bits per heavy atom. The number of benzene rings is 1. The molecule has 1 aromatic carbocycles. The Morgan fingerprint density at radius 1 is 1.35 bits per heavy atom. The van der Waals surface area contributed by atoms with E-state index in [0.717, 1.165) is 12.0 Å². The van der Waals surface area contributed by atoms with E-state index < -0.39 is 0 Å². The summed E-state index contributed by atoms with van der Waals surface area (Å²) in [6.45, 7) is 6.35. The molecule has 1 atom stereocenters. The monoisotopic (exact) mass is 234 g/mol. The fraction of sp³-hybridized carbons (Fsp3) is 0.500. The first kappa shape index (κ1) is 13.6. The number of carbonyl (C=O) groups excluding carboxylic acids is 1. The van der Waals surface area contributed by atoms with Crippen LogP contribution >= 0.6 is 0 Å². The summed E-state index contributed by atoms with van der Waals surface area (Å²) in [6.07, 6.45) is 1.40. The molecule has 0 saturated heterocycles. The zero-order valence-corrected chi connectivity index (χ0v) is 10.9. The van der Waals surface area contributed by atoms with Crippen molar-refractivity contribution in [1.82, 2.24) is 5.32 Å². The first-order valence-electron chi connectivity index (χ1n) is 6.11. The van der Waals surface area contributed by atoms with Crippen LogP contribution in [0.4, 0.5) is 5.69 Å². The van der Waals surface area contributed by atoms with Crippen molar-refractivity contribution in [2.24, 2.45) is 5.92 Å². The van der Waals surface area contributed by atoms with Crippen LogP contribution in [0.5, 0.6) is 0 Å². The zero-order chi connectivity index (χ0) is 12.8. The molecule has 3 N–H and O–H groups in total. The van der Waals surface area contributed by atoms with Crippen molar-refractivity contribution in [2.75, 3.05) is 5.73 Å². The van der Waals surface area contributed by atoms with Crippen LogP contribution < -0.4 is 11.1 Å². The average molecular weight is 234 g/mol. The zero-order valence-electron chi connectivity index (χ0n) is 10.9. The second-order valence-corrected chi connectivity index (χ2v) is 5.02. The SMILES string of the molecule is CC(C)CC(C)NC(=O)Cc1cccc(N)c1. The lowest BCUT2D eigenvalue weighted by Crippen LogP contribution is -2.34. The lowest BCUT2D eigenvalue weighted by atomic mass is 10.0. The molecular formula is C14H22N2O. The van der Waals surface area contributed by atoms with E-state index in [4.69, 9.17) is 5.73 Å². The molecule has 1 unspecified atom stereocenters. The van der Waals surface area contributed by atoms with Gasteiger partial charge in [-0.3, -0.25) is 4.79 Å². The fourth-order valence-corrected chi connectivity index (χ4v) is 1.98. The molecule has 94 valence electrons. The minimum atomic E-state index is 0.0590. The van der Waals surface area contributed by atoms with Gasteiger partial charge in [-0.15, -0.1) is 0 Å².